The third kappa shape index (κ3) is 4.67. The van der Waals surface area contributed by atoms with E-state index in [-0.39, 0.29) is 14.8 Å². The van der Waals surface area contributed by atoms with Crippen LogP contribution in [0.2, 0.25) is 0 Å². The molecule has 0 saturated carbocycles. The summed E-state index contributed by atoms with van der Waals surface area (Å²) in [6, 6.07) is 39.7. The second-order valence-corrected chi connectivity index (χ2v) is 11.7. The molecule has 0 bridgehead atoms. The normalized spacial score (nSPS) is 14.8. The summed E-state index contributed by atoms with van der Waals surface area (Å²) in [5.74, 6) is -0.580. The highest BCUT2D eigenvalue weighted by molar-refractivity contribution is 8.18. The molecule has 0 atom stereocenters. The number of carbonyl (C=O) groups excluding carboxylic acids is 1. The Hall–Kier alpha value is -4.46. The van der Waals surface area contributed by atoms with Crippen LogP contribution in [-0.2, 0) is 9.84 Å². The van der Waals surface area contributed by atoms with Crippen molar-refractivity contribution in [3.63, 3.8) is 0 Å². The van der Waals surface area contributed by atoms with E-state index in [0.717, 1.165) is 10.9 Å². The number of hydrazone groups is 1. The number of para-hydroxylation sites is 1. The van der Waals surface area contributed by atoms with Gasteiger partial charge in [-0.2, -0.15) is 5.10 Å². The van der Waals surface area contributed by atoms with E-state index in [2.05, 4.69) is 0 Å². The fourth-order valence-corrected chi connectivity index (χ4v) is 7.33. The summed E-state index contributed by atoms with van der Waals surface area (Å²) in [6.45, 7) is 0. The Labute approximate surface area is 231 Å². The molecule has 0 aliphatic carbocycles. The molecule has 1 aliphatic rings. The molecule has 39 heavy (non-hydrogen) atoms. The number of fused-ring (bicyclic) bond motifs is 1. The van der Waals surface area contributed by atoms with Crippen LogP contribution in [0.15, 0.2) is 153 Å². The molecular weight excluding hydrogens is 524 g/mol. The van der Waals surface area contributed by atoms with Crippen molar-refractivity contribution < 1.29 is 13.2 Å². The minimum atomic E-state index is -4.25. The van der Waals surface area contributed by atoms with Gasteiger partial charge in [0.1, 0.15) is 10.1 Å². The first-order valence-electron chi connectivity index (χ1n) is 12.3. The summed E-state index contributed by atoms with van der Waals surface area (Å²) in [4.78, 5) is 14.2. The Morgan fingerprint density at radius 1 is 0.667 bits per heavy atom. The maximum absolute atomic E-state index is 14.5. The van der Waals surface area contributed by atoms with Crippen molar-refractivity contribution in [3.05, 3.63) is 155 Å². The van der Waals surface area contributed by atoms with Crippen molar-refractivity contribution in [1.29, 1.82) is 0 Å². The zero-order chi connectivity index (χ0) is 26.8. The molecule has 1 aliphatic heterocycles. The van der Waals surface area contributed by atoms with Gasteiger partial charge in [-0.25, -0.2) is 13.4 Å². The van der Waals surface area contributed by atoms with Crippen molar-refractivity contribution in [2.24, 2.45) is 5.10 Å². The van der Waals surface area contributed by atoms with Crippen LogP contribution in [0, 0.1) is 0 Å². The number of rotatable bonds is 6. The molecule has 0 spiro atoms. The second kappa shape index (κ2) is 10.4. The van der Waals surface area contributed by atoms with E-state index < -0.39 is 15.6 Å². The monoisotopic (exact) mass is 546 g/mol. The van der Waals surface area contributed by atoms with Crippen molar-refractivity contribution in [2.45, 2.75) is 4.90 Å². The van der Waals surface area contributed by atoms with Crippen LogP contribution in [0.3, 0.4) is 0 Å². The van der Waals surface area contributed by atoms with E-state index in [1.165, 1.54) is 23.9 Å². The summed E-state index contributed by atoms with van der Waals surface area (Å²) in [5, 5.41) is 8.75. The van der Waals surface area contributed by atoms with E-state index in [1.54, 1.807) is 35.3 Å². The van der Waals surface area contributed by atoms with Gasteiger partial charge in [0.25, 0.3) is 0 Å². The van der Waals surface area contributed by atoms with Crippen LogP contribution in [-0.4, -0.2) is 19.2 Å². The molecule has 5 aromatic carbocycles. The van der Waals surface area contributed by atoms with Crippen molar-refractivity contribution in [2.75, 3.05) is 5.01 Å². The predicted molar refractivity (Wildman–Crippen MR) is 158 cm³/mol. The number of carbonyl (C=O) groups is 1. The van der Waals surface area contributed by atoms with Crippen LogP contribution in [0.5, 0.6) is 0 Å². The SMILES string of the molecule is O=C(/C(=C1\SC(c2ccccc2)=NN1c1ccccc1)S(=O)(=O)c1ccccc1)c1cccc2ccccc12. The number of ketones is 1. The number of Topliss-reactive ketones (excluding diaryl/α,β-unsaturated/α-hetero) is 1. The van der Waals surface area contributed by atoms with Gasteiger partial charge in [-0.15, -0.1) is 0 Å². The van der Waals surface area contributed by atoms with E-state index in [1.807, 2.05) is 91.0 Å². The van der Waals surface area contributed by atoms with E-state index in [4.69, 9.17) is 5.10 Å². The Morgan fingerprint density at radius 2 is 1.26 bits per heavy atom. The molecular formula is C32H22N2O3S2. The van der Waals surface area contributed by atoms with Gasteiger partial charge in [0.15, 0.2) is 4.91 Å². The fraction of sp³-hybridized carbons (Fsp3) is 0. The minimum absolute atomic E-state index is 0.0443. The molecule has 0 radical (unpaired) electrons. The van der Waals surface area contributed by atoms with Gasteiger partial charge in [-0.3, -0.25) is 4.79 Å². The maximum atomic E-state index is 14.5. The molecule has 0 aromatic heterocycles. The lowest BCUT2D eigenvalue weighted by Gasteiger charge is -2.19. The van der Waals surface area contributed by atoms with E-state index in [9.17, 15) is 13.2 Å². The lowest BCUT2D eigenvalue weighted by atomic mass is 10.0. The summed E-state index contributed by atoms with van der Waals surface area (Å²) < 4.78 is 28.6. The molecule has 0 unspecified atom stereocenters. The smallest absolute Gasteiger partial charge is 0.213 e. The predicted octanol–water partition coefficient (Wildman–Crippen LogP) is 7.28. The van der Waals surface area contributed by atoms with Crippen LogP contribution in [0.1, 0.15) is 15.9 Å². The summed E-state index contributed by atoms with van der Waals surface area (Å²) in [7, 11) is -4.25. The summed E-state index contributed by atoms with van der Waals surface area (Å²) >= 11 is 1.18. The lowest BCUT2D eigenvalue weighted by molar-refractivity contribution is 0.104. The number of hydrogen-bond acceptors (Lipinski definition) is 6. The topological polar surface area (TPSA) is 66.8 Å². The Kier molecular flexibility index (Phi) is 6.60. The van der Waals surface area contributed by atoms with Gasteiger partial charge in [-0.05, 0) is 46.8 Å². The highest BCUT2D eigenvalue weighted by atomic mass is 32.2. The first-order chi connectivity index (χ1) is 19.0. The number of benzene rings is 5. The number of sulfone groups is 1. The third-order valence-electron chi connectivity index (χ3n) is 6.36. The highest BCUT2D eigenvalue weighted by Gasteiger charge is 2.38. The molecule has 190 valence electrons. The van der Waals surface area contributed by atoms with Crippen LogP contribution >= 0.6 is 11.8 Å². The standard InChI is InChI=1S/C32H22N2O3S2/c35-29(28-22-12-16-23-13-10-11-21-27(23)28)30(39(36,37)26-19-8-3-9-20-26)32-34(25-17-6-2-7-18-25)33-31(38-32)24-14-4-1-5-15-24/h1-22H/b32-30+. The molecule has 7 heteroatoms. The molecule has 6 rings (SSSR count). The van der Waals surface area contributed by atoms with E-state index in [0.29, 0.717) is 21.7 Å². The molecule has 0 saturated heterocycles. The second-order valence-electron chi connectivity index (χ2n) is 8.83. The first kappa shape index (κ1) is 24.9. The Morgan fingerprint density at radius 3 is 1.97 bits per heavy atom. The van der Waals surface area contributed by atoms with Crippen molar-refractivity contribution >= 4 is 48.9 Å². The fourth-order valence-electron chi connectivity index (χ4n) is 4.47. The summed E-state index contributed by atoms with van der Waals surface area (Å²) in [5.41, 5.74) is 1.79. The van der Waals surface area contributed by atoms with Crippen molar-refractivity contribution in [3.8, 4) is 0 Å². The average Bonchev–Trinajstić information content (AvgIpc) is 3.43. The minimum Gasteiger partial charge on any atom is -0.288 e. The maximum Gasteiger partial charge on any atom is 0.213 e. The van der Waals surface area contributed by atoms with Gasteiger partial charge in [0.05, 0.1) is 10.6 Å². The molecule has 1 heterocycles. The zero-order valence-electron chi connectivity index (χ0n) is 20.6. The average molecular weight is 547 g/mol. The quantitative estimate of drug-likeness (QED) is 0.165. The van der Waals surface area contributed by atoms with Crippen LogP contribution < -0.4 is 5.01 Å². The van der Waals surface area contributed by atoms with Gasteiger partial charge < -0.3 is 0 Å². The molecule has 5 aromatic rings. The third-order valence-corrected chi connectivity index (χ3v) is 9.37. The number of hydrogen-bond donors (Lipinski definition) is 0. The van der Waals surface area contributed by atoms with Gasteiger partial charge in [0.2, 0.25) is 15.6 Å². The van der Waals surface area contributed by atoms with Crippen molar-refractivity contribution in [1.82, 2.24) is 0 Å². The van der Waals surface area contributed by atoms with Gasteiger partial charge in [0, 0.05) is 11.1 Å². The highest BCUT2D eigenvalue weighted by Crippen LogP contribution is 2.42. The number of anilines is 1. The Balaban J connectivity index is 1.63. The zero-order valence-corrected chi connectivity index (χ0v) is 22.3. The number of thioether (sulfide) groups is 1. The molecule has 0 N–H and O–H groups in total. The van der Waals surface area contributed by atoms with Crippen LogP contribution in [0.25, 0.3) is 10.8 Å². The number of nitrogens with zero attached hydrogens (tertiary/aromatic N) is 2. The Bertz CT molecular complexity index is 1850. The largest absolute Gasteiger partial charge is 0.288 e. The molecule has 0 fully saturated rings. The van der Waals surface area contributed by atoms with E-state index >= 15 is 0 Å². The summed E-state index contributed by atoms with van der Waals surface area (Å²) in [6.07, 6.45) is 0. The van der Waals surface area contributed by atoms with Crippen LogP contribution in [0.4, 0.5) is 5.69 Å². The van der Waals surface area contributed by atoms with Gasteiger partial charge in [-0.1, -0.05) is 109 Å². The van der Waals surface area contributed by atoms with Gasteiger partial charge >= 0.3 is 0 Å². The lowest BCUT2D eigenvalue weighted by Crippen LogP contribution is -2.22. The first-order valence-corrected chi connectivity index (χ1v) is 14.6. The molecule has 0 amide bonds. The molecule has 5 nitrogen and oxygen atoms in total. The number of allylic oxidation sites excluding steroid dienone is 1.